The van der Waals surface area contributed by atoms with Crippen LogP contribution < -0.4 is 4.74 Å². The van der Waals surface area contributed by atoms with Crippen molar-refractivity contribution in [2.24, 2.45) is 0 Å². The average molecular weight is 289 g/mol. The van der Waals surface area contributed by atoms with Crippen molar-refractivity contribution < 1.29 is 4.74 Å². The lowest BCUT2D eigenvalue weighted by molar-refractivity contribution is 0.304. The lowest BCUT2D eigenvalue weighted by Gasteiger charge is -2.07. The van der Waals surface area contributed by atoms with Crippen molar-refractivity contribution in [3.63, 3.8) is 0 Å². The van der Waals surface area contributed by atoms with Gasteiger partial charge in [-0.05, 0) is 37.5 Å². The molecule has 0 spiro atoms. The van der Waals surface area contributed by atoms with Gasteiger partial charge < -0.3 is 4.74 Å². The molecule has 0 N–H and O–H groups in total. The largest absolute Gasteiger partial charge is 0.494 e. The van der Waals surface area contributed by atoms with Gasteiger partial charge in [-0.1, -0.05) is 76.8 Å². The van der Waals surface area contributed by atoms with Crippen LogP contribution in [0.3, 0.4) is 0 Å². The van der Waals surface area contributed by atoms with E-state index in [1.165, 1.54) is 69.8 Å². The van der Waals surface area contributed by atoms with Crippen molar-refractivity contribution in [2.75, 3.05) is 6.61 Å². The highest BCUT2D eigenvalue weighted by molar-refractivity contribution is 5.27. The van der Waals surface area contributed by atoms with Crippen molar-refractivity contribution in [3.8, 4) is 5.75 Å². The Balaban J connectivity index is 1.88. The summed E-state index contributed by atoms with van der Waals surface area (Å²) in [6, 6.07) is 8.30. The molecule has 0 aliphatic heterocycles. The quantitative estimate of drug-likeness (QED) is 0.384. The zero-order valence-corrected chi connectivity index (χ0v) is 13.9. The maximum Gasteiger partial charge on any atom is 0.119 e. The Kier molecular flexibility index (Phi) is 11.0. The van der Waals surface area contributed by atoms with Crippen LogP contribution in [0.5, 0.6) is 5.75 Å². The molecular formula is C20H33O. The highest BCUT2D eigenvalue weighted by Gasteiger charge is 1.95. The third-order valence-electron chi connectivity index (χ3n) is 3.98. The van der Waals surface area contributed by atoms with Crippen molar-refractivity contribution in [1.82, 2.24) is 0 Å². The Hall–Kier alpha value is -0.980. The fourth-order valence-electron chi connectivity index (χ4n) is 2.53. The summed E-state index contributed by atoms with van der Waals surface area (Å²) in [6.07, 6.45) is 14.5. The van der Waals surface area contributed by atoms with Crippen LogP contribution in [0.2, 0.25) is 0 Å². The molecular weight excluding hydrogens is 256 g/mol. The second-order valence-electron chi connectivity index (χ2n) is 5.92. The van der Waals surface area contributed by atoms with Gasteiger partial charge in [-0.2, -0.15) is 0 Å². The van der Waals surface area contributed by atoms with E-state index in [0.29, 0.717) is 0 Å². The Morgan fingerprint density at radius 1 is 0.762 bits per heavy atom. The highest BCUT2D eigenvalue weighted by atomic mass is 16.5. The molecule has 1 heteroatoms. The zero-order valence-electron chi connectivity index (χ0n) is 13.9. The summed E-state index contributed by atoms with van der Waals surface area (Å²) in [5.74, 6) is 0.989. The van der Waals surface area contributed by atoms with E-state index in [-0.39, 0.29) is 0 Å². The lowest BCUT2D eigenvalue weighted by Crippen LogP contribution is -1.97. The molecule has 0 aromatic heterocycles. The van der Waals surface area contributed by atoms with Gasteiger partial charge in [0.15, 0.2) is 0 Å². The number of unbranched alkanes of at least 4 members (excludes halogenated alkanes) is 9. The van der Waals surface area contributed by atoms with Gasteiger partial charge in [-0.25, -0.2) is 0 Å². The lowest BCUT2D eigenvalue weighted by atomic mass is 10.1. The molecule has 0 amide bonds. The number of benzene rings is 1. The minimum atomic E-state index is 0.846. The highest BCUT2D eigenvalue weighted by Crippen LogP contribution is 2.14. The second kappa shape index (κ2) is 12.7. The van der Waals surface area contributed by atoms with Crippen molar-refractivity contribution in [3.05, 3.63) is 36.8 Å². The van der Waals surface area contributed by atoms with E-state index < -0.39 is 0 Å². The molecule has 1 nitrogen and oxygen atoms in total. The van der Waals surface area contributed by atoms with Gasteiger partial charge in [0.25, 0.3) is 0 Å². The minimum absolute atomic E-state index is 0.846. The summed E-state index contributed by atoms with van der Waals surface area (Å²) in [4.78, 5) is 0. The molecule has 0 atom stereocenters. The van der Waals surface area contributed by atoms with Crippen molar-refractivity contribution >= 4 is 0 Å². The Bertz CT molecular complexity index is 328. The zero-order chi connectivity index (χ0) is 15.2. The second-order valence-corrected chi connectivity index (χ2v) is 5.92. The third-order valence-corrected chi connectivity index (χ3v) is 3.98. The molecule has 119 valence electrons. The van der Waals surface area contributed by atoms with Crippen molar-refractivity contribution in [2.45, 2.75) is 77.6 Å². The third kappa shape index (κ3) is 9.55. The fraction of sp³-hybridized carbons (Fsp3) is 0.650. The predicted octanol–water partition coefficient (Wildman–Crippen LogP) is 6.36. The number of hydrogen-bond acceptors (Lipinski definition) is 1. The molecule has 1 radical (unpaired) electrons. The Morgan fingerprint density at radius 2 is 1.29 bits per heavy atom. The molecule has 0 saturated heterocycles. The van der Waals surface area contributed by atoms with Crippen molar-refractivity contribution in [1.29, 1.82) is 0 Å². The Morgan fingerprint density at radius 3 is 1.81 bits per heavy atom. The maximum absolute atomic E-state index is 5.76. The molecule has 0 bridgehead atoms. The number of hydrogen-bond donors (Lipinski definition) is 0. The van der Waals surface area contributed by atoms with Crippen LogP contribution in [0.15, 0.2) is 24.3 Å². The summed E-state index contributed by atoms with van der Waals surface area (Å²) < 4.78 is 5.76. The Labute approximate surface area is 132 Å². The molecule has 1 aromatic carbocycles. The van der Waals surface area contributed by atoms with Crippen LogP contribution in [0.25, 0.3) is 0 Å². The summed E-state index contributed by atoms with van der Waals surface area (Å²) in [7, 11) is 0. The van der Waals surface area contributed by atoms with Crippen LogP contribution in [0, 0.1) is 6.92 Å². The molecule has 0 heterocycles. The normalized spacial score (nSPS) is 10.8. The van der Waals surface area contributed by atoms with E-state index in [0.717, 1.165) is 18.8 Å². The van der Waals surface area contributed by atoms with Crippen LogP contribution in [-0.4, -0.2) is 6.61 Å². The minimum Gasteiger partial charge on any atom is -0.494 e. The molecule has 0 saturated carbocycles. The van der Waals surface area contributed by atoms with Gasteiger partial charge in [0, 0.05) is 0 Å². The summed E-state index contributed by atoms with van der Waals surface area (Å²) in [6.45, 7) is 7.00. The maximum atomic E-state index is 5.76. The molecule has 1 rings (SSSR count). The summed E-state index contributed by atoms with van der Waals surface area (Å²) in [5.41, 5.74) is 1.27. The summed E-state index contributed by atoms with van der Waals surface area (Å²) >= 11 is 0. The standard InChI is InChI=1S/C20H33O/c1-3-5-6-7-8-9-10-11-12-13-18-21-20-16-14-19(4-2)15-17-20/h14-17H,2-13,18H2,1H3. The SMILES string of the molecule is [CH2]Cc1ccc(OCCCCCCCCCCCC)cc1. The van der Waals surface area contributed by atoms with Crippen LogP contribution in [-0.2, 0) is 6.42 Å². The smallest absolute Gasteiger partial charge is 0.119 e. The van der Waals surface area contributed by atoms with Gasteiger partial charge >= 0.3 is 0 Å². The molecule has 0 aliphatic rings. The number of rotatable bonds is 13. The first-order valence-corrected chi connectivity index (χ1v) is 8.87. The van der Waals surface area contributed by atoms with E-state index in [2.05, 4.69) is 38.1 Å². The van der Waals surface area contributed by atoms with Crippen LogP contribution >= 0.6 is 0 Å². The molecule has 0 fully saturated rings. The number of ether oxygens (including phenoxy) is 1. The fourth-order valence-corrected chi connectivity index (χ4v) is 2.53. The topological polar surface area (TPSA) is 9.23 Å². The van der Waals surface area contributed by atoms with E-state index in [9.17, 15) is 0 Å². The van der Waals surface area contributed by atoms with E-state index in [4.69, 9.17) is 4.74 Å². The van der Waals surface area contributed by atoms with Gasteiger partial charge in [0.2, 0.25) is 0 Å². The molecule has 0 aliphatic carbocycles. The first-order valence-electron chi connectivity index (χ1n) is 8.87. The first-order chi connectivity index (χ1) is 10.4. The molecule has 21 heavy (non-hydrogen) atoms. The molecule has 1 aromatic rings. The first kappa shape index (κ1) is 18.1. The summed E-state index contributed by atoms with van der Waals surface area (Å²) in [5, 5.41) is 0. The van der Waals surface area contributed by atoms with E-state index in [1.54, 1.807) is 0 Å². The van der Waals surface area contributed by atoms with Crippen LogP contribution in [0.4, 0.5) is 0 Å². The predicted molar refractivity (Wildman–Crippen MR) is 92.8 cm³/mol. The van der Waals surface area contributed by atoms with E-state index in [1.807, 2.05) is 0 Å². The van der Waals surface area contributed by atoms with Gasteiger partial charge in [0.05, 0.1) is 6.61 Å². The molecule has 0 unspecified atom stereocenters. The average Bonchev–Trinajstić information content (AvgIpc) is 2.53. The van der Waals surface area contributed by atoms with Gasteiger partial charge in [-0.15, -0.1) is 0 Å². The van der Waals surface area contributed by atoms with Crippen LogP contribution in [0.1, 0.15) is 76.7 Å². The van der Waals surface area contributed by atoms with E-state index >= 15 is 0 Å². The van der Waals surface area contributed by atoms with Gasteiger partial charge in [0.1, 0.15) is 5.75 Å². The monoisotopic (exact) mass is 289 g/mol. The van der Waals surface area contributed by atoms with Gasteiger partial charge in [-0.3, -0.25) is 0 Å².